The molecule has 200 valence electrons. The van der Waals surface area contributed by atoms with Crippen LogP contribution in [0.3, 0.4) is 0 Å². The molecule has 6 nitrogen and oxygen atoms in total. The van der Waals surface area contributed by atoms with Gasteiger partial charge in [0.25, 0.3) is 0 Å². The Morgan fingerprint density at radius 2 is 2.00 bits per heavy atom. The summed E-state index contributed by atoms with van der Waals surface area (Å²) in [6, 6.07) is 7.72. The number of hydrazine groups is 1. The molecule has 4 rings (SSSR count). The number of ketones is 1. The third-order valence-electron chi connectivity index (χ3n) is 7.12. The summed E-state index contributed by atoms with van der Waals surface area (Å²) in [6.07, 6.45) is 4.09. The van der Waals surface area contributed by atoms with E-state index in [1.165, 1.54) is 18.2 Å². The van der Waals surface area contributed by atoms with Crippen molar-refractivity contribution in [2.45, 2.75) is 71.6 Å². The Hall–Kier alpha value is -2.55. The molecule has 2 N–H and O–H groups in total. The number of likely N-dealkylation sites (tertiary alicyclic amines) is 1. The topological polar surface area (TPSA) is 60.5 Å². The van der Waals surface area contributed by atoms with Gasteiger partial charge < -0.3 is 10.3 Å². The highest BCUT2D eigenvalue weighted by molar-refractivity contribution is 6.31. The number of hydrogen-bond donors (Lipinski definition) is 2. The first-order valence-corrected chi connectivity index (χ1v) is 13.2. The van der Waals surface area contributed by atoms with Crippen molar-refractivity contribution in [2.24, 2.45) is 5.92 Å². The summed E-state index contributed by atoms with van der Waals surface area (Å²) in [5, 5.41) is 5.40. The average molecular weight is 532 g/mol. The first kappa shape index (κ1) is 27.5. The molecule has 37 heavy (non-hydrogen) atoms. The van der Waals surface area contributed by atoms with Crippen LogP contribution in [0.25, 0.3) is 0 Å². The van der Waals surface area contributed by atoms with E-state index in [2.05, 4.69) is 66.3 Å². The van der Waals surface area contributed by atoms with Crippen LogP contribution in [0.1, 0.15) is 63.5 Å². The molecule has 3 heterocycles. The second-order valence-corrected chi connectivity index (χ2v) is 11.5. The van der Waals surface area contributed by atoms with Gasteiger partial charge in [-0.3, -0.25) is 9.69 Å². The summed E-state index contributed by atoms with van der Waals surface area (Å²) in [7, 11) is 0. The average Bonchev–Trinajstić information content (AvgIpc) is 3.20. The number of nitrogens with zero attached hydrogens (tertiary/aromatic N) is 3. The zero-order valence-electron chi connectivity index (χ0n) is 22.1. The Balaban J connectivity index is 1.35. The Morgan fingerprint density at radius 1 is 1.24 bits per heavy atom. The van der Waals surface area contributed by atoms with E-state index in [0.717, 1.165) is 18.5 Å². The van der Waals surface area contributed by atoms with Crippen molar-refractivity contribution in [3.8, 4) is 0 Å². The van der Waals surface area contributed by atoms with Gasteiger partial charge in [0.15, 0.2) is 11.6 Å². The standard InChI is InChI=1S/C28H36ClF2N5O/c1-17-13-19(11-12-35(17)16-24(37)20-7-6-8-21(29)27(20)31)15-23-22(30)9-10-25(32-23)33-26-14-18(2)36(34-26)28(3,4)5/h6-10,14,17,19,26,34H,11-13,15-16H2,1-5H3,(H,32,33)/t17-,19?,26?/m1/s1. The number of pyridine rings is 1. The molecular weight excluding hydrogens is 496 g/mol. The van der Waals surface area contributed by atoms with Gasteiger partial charge in [-0.25, -0.2) is 19.2 Å². The molecule has 1 fully saturated rings. The summed E-state index contributed by atoms with van der Waals surface area (Å²) in [4.78, 5) is 19.4. The quantitative estimate of drug-likeness (QED) is 0.440. The second kappa shape index (κ2) is 11.1. The number of piperidine rings is 1. The number of carbonyl (C=O) groups is 1. The van der Waals surface area contributed by atoms with Crippen molar-refractivity contribution in [3.05, 3.63) is 70.0 Å². The minimum Gasteiger partial charge on any atom is -0.350 e. The zero-order chi connectivity index (χ0) is 26.9. The first-order valence-electron chi connectivity index (χ1n) is 12.8. The predicted octanol–water partition coefficient (Wildman–Crippen LogP) is 5.80. The van der Waals surface area contributed by atoms with Crippen LogP contribution in [-0.4, -0.2) is 51.5 Å². The molecule has 2 aromatic rings. The van der Waals surface area contributed by atoms with E-state index in [1.807, 2.05) is 0 Å². The van der Waals surface area contributed by atoms with Crippen LogP contribution in [0.5, 0.6) is 0 Å². The highest BCUT2D eigenvalue weighted by Crippen LogP contribution is 2.28. The highest BCUT2D eigenvalue weighted by Gasteiger charge is 2.30. The number of hydrogen-bond acceptors (Lipinski definition) is 6. The van der Waals surface area contributed by atoms with Crippen LogP contribution < -0.4 is 10.7 Å². The van der Waals surface area contributed by atoms with Crippen LogP contribution in [0.2, 0.25) is 5.02 Å². The Labute approximate surface area is 223 Å². The highest BCUT2D eigenvalue weighted by atomic mass is 35.5. The van der Waals surface area contributed by atoms with Gasteiger partial charge in [0.2, 0.25) is 0 Å². The van der Waals surface area contributed by atoms with Gasteiger partial charge in [0, 0.05) is 17.3 Å². The molecule has 0 bridgehead atoms. The minimum atomic E-state index is -0.670. The number of nitrogens with one attached hydrogen (secondary N) is 2. The van der Waals surface area contributed by atoms with Gasteiger partial charge in [0.1, 0.15) is 17.8 Å². The number of carbonyl (C=O) groups excluding carboxylic acids is 1. The molecule has 2 aliphatic rings. The Bertz CT molecular complexity index is 1180. The molecule has 1 saturated heterocycles. The van der Waals surface area contributed by atoms with Crippen LogP contribution in [0.4, 0.5) is 14.6 Å². The summed E-state index contributed by atoms with van der Waals surface area (Å²) < 4.78 is 29.0. The van der Waals surface area contributed by atoms with E-state index < -0.39 is 5.82 Å². The Morgan fingerprint density at radius 3 is 2.68 bits per heavy atom. The fraction of sp³-hybridized carbons (Fsp3) is 0.500. The number of anilines is 1. The maximum Gasteiger partial charge on any atom is 0.179 e. The van der Waals surface area contributed by atoms with Gasteiger partial charge in [-0.15, -0.1) is 0 Å². The maximum absolute atomic E-state index is 14.7. The number of halogens is 3. The molecule has 2 unspecified atom stereocenters. The number of Topliss-reactive ketones (excluding diaryl/α,β-unsaturated/α-hetero) is 1. The van der Waals surface area contributed by atoms with Crippen LogP contribution in [0.15, 0.2) is 42.1 Å². The van der Waals surface area contributed by atoms with E-state index in [0.29, 0.717) is 24.5 Å². The van der Waals surface area contributed by atoms with Crippen molar-refractivity contribution in [1.82, 2.24) is 20.3 Å². The molecule has 0 amide bonds. The largest absolute Gasteiger partial charge is 0.350 e. The SMILES string of the molecule is CC1=CC(Nc2ccc(F)c(CC3CCN(CC(=O)c4cccc(Cl)c4F)[C@H](C)C3)n2)NN1C(C)(C)C. The number of rotatable bonds is 7. The van der Waals surface area contributed by atoms with E-state index in [9.17, 15) is 13.6 Å². The molecule has 0 saturated carbocycles. The van der Waals surface area contributed by atoms with E-state index in [4.69, 9.17) is 11.6 Å². The molecule has 1 aromatic heterocycles. The fourth-order valence-corrected chi connectivity index (χ4v) is 5.43. The third-order valence-corrected chi connectivity index (χ3v) is 7.42. The first-order chi connectivity index (χ1) is 17.4. The maximum atomic E-state index is 14.7. The van der Waals surface area contributed by atoms with Crippen LogP contribution in [0, 0.1) is 17.6 Å². The number of benzene rings is 1. The molecule has 9 heteroatoms. The van der Waals surface area contributed by atoms with Gasteiger partial charge in [0.05, 0.1) is 22.8 Å². The lowest BCUT2D eigenvalue weighted by Gasteiger charge is -2.37. The summed E-state index contributed by atoms with van der Waals surface area (Å²) >= 11 is 5.84. The summed E-state index contributed by atoms with van der Waals surface area (Å²) in [5.41, 5.74) is 4.93. The number of allylic oxidation sites excluding steroid dienone is 1. The van der Waals surface area contributed by atoms with Crippen molar-refractivity contribution < 1.29 is 13.6 Å². The molecule has 0 radical (unpaired) electrons. The summed E-state index contributed by atoms with van der Waals surface area (Å²) in [5.74, 6) is -0.407. The minimum absolute atomic E-state index is 0.0184. The second-order valence-electron chi connectivity index (χ2n) is 11.1. The Kier molecular flexibility index (Phi) is 8.21. The molecule has 1 aromatic carbocycles. The lowest BCUT2D eigenvalue weighted by atomic mass is 9.87. The van der Waals surface area contributed by atoms with Gasteiger partial charge >= 0.3 is 0 Å². The van der Waals surface area contributed by atoms with Crippen molar-refractivity contribution in [2.75, 3.05) is 18.4 Å². The molecule has 0 spiro atoms. The lowest BCUT2D eigenvalue weighted by Crippen LogP contribution is -2.50. The van der Waals surface area contributed by atoms with Gasteiger partial charge in [-0.05, 0) is 96.7 Å². The monoisotopic (exact) mass is 531 g/mol. The van der Waals surface area contributed by atoms with Crippen LogP contribution >= 0.6 is 11.6 Å². The molecule has 2 aliphatic heterocycles. The van der Waals surface area contributed by atoms with Crippen LogP contribution in [-0.2, 0) is 6.42 Å². The third kappa shape index (κ3) is 6.48. The van der Waals surface area contributed by atoms with E-state index >= 15 is 0 Å². The van der Waals surface area contributed by atoms with Crippen molar-refractivity contribution in [3.63, 3.8) is 0 Å². The normalized spacial score (nSPS) is 22.8. The summed E-state index contributed by atoms with van der Waals surface area (Å²) in [6.45, 7) is 11.3. The molecular formula is C28H36ClF2N5O. The van der Waals surface area contributed by atoms with Gasteiger partial charge in [-0.1, -0.05) is 17.7 Å². The lowest BCUT2D eigenvalue weighted by molar-refractivity contribution is 0.0799. The fourth-order valence-electron chi connectivity index (χ4n) is 5.26. The van der Waals surface area contributed by atoms with E-state index in [-0.39, 0.29) is 52.4 Å². The van der Waals surface area contributed by atoms with Crippen molar-refractivity contribution >= 4 is 23.2 Å². The predicted molar refractivity (Wildman–Crippen MR) is 143 cm³/mol. The zero-order valence-corrected chi connectivity index (χ0v) is 22.9. The van der Waals surface area contributed by atoms with E-state index in [1.54, 1.807) is 12.1 Å². The van der Waals surface area contributed by atoms with Gasteiger partial charge in [-0.2, -0.15) is 0 Å². The smallest absolute Gasteiger partial charge is 0.179 e. The number of aromatic nitrogens is 1. The molecule has 3 atom stereocenters. The van der Waals surface area contributed by atoms with Crippen molar-refractivity contribution in [1.29, 1.82) is 0 Å². The molecule has 0 aliphatic carbocycles.